The molecule has 0 aromatic carbocycles. The number of rotatable bonds is 5. The van der Waals surface area contributed by atoms with E-state index < -0.39 is 5.60 Å². The third-order valence-corrected chi connectivity index (χ3v) is 2.39. The van der Waals surface area contributed by atoms with E-state index in [1.165, 1.54) is 0 Å². The third kappa shape index (κ3) is 3.35. The fraction of sp³-hybridized carbons (Fsp3) is 0.900. The molecule has 0 aromatic heterocycles. The Labute approximate surface area is 75.3 Å². The van der Waals surface area contributed by atoms with Crippen LogP contribution in [0, 0.1) is 5.92 Å². The van der Waals surface area contributed by atoms with Crippen LogP contribution >= 0.6 is 0 Å². The second-order valence-corrected chi connectivity index (χ2v) is 3.92. The molecule has 0 fully saturated rings. The largest absolute Gasteiger partial charge is 0.371 e. The third-order valence-electron chi connectivity index (χ3n) is 2.39. The van der Waals surface area contributed by atoms with Crippen molar-refractivity contribution in [3.8, 4) is 0 Å². The Hall–Kier alpha value is -0.370. The van der Waals surface area contributed by atoms with E-state index in [0.717, 1.165) is 12.8 Å². The van der Waals surface area contributed by atoms with Gasteiger partial charge in [0.1, 0.15) is 5.60 Å². The summed E-state index contributed by atoms with van der Waals surface area (Å²) >= 11 is 0. The number of Topliss-reactive ketones (excluding diaryl/α,β-unsaturated/α-hetero) is 1. The van der Waals surface area contributed by atoms with E-state index in [0.29, 0.717) is 5.92 Å². The van der Waals surface area contributed by atoms with Crippen molar-refractivity contribution in [2.24, 2.45) is 5.92 Å². The van der Waals surface area contributed by atoms with E-state index in [-0.39, 0.29) is 5.78 Å². The average molecular weight is 172 g/mol. The fourth-order valence-electron chi connectivity index (χ4n) is 0.986. The van der Waals surface area contributed by atoms with Crippen LogP contribution in [0.3, 0.4) is 0 Å². The van der Waals surface area contributed by atoms with Crippen LogP contribution in [0.25, 0.3) is 0 Å². The summed E-state index contributed by atoms with van der Waals surface area (Å²) in [6.45, 7) is 7.74. The van der Waals surface area contributed by atoms with Crippen LogP contribution in [-0.2, 0) is 9.53 Å². The van der Waals surface area contributed by atoms with Crippen molar-refractivity contribution in [1.82, 2.24) is 0 Å². The first-order valence-electron chi connectivity index (χ1n) is 4.48. The van der Waals surface area contributed by atoms with Crippen molar-refractivity contribution in [3.05, 3.63) is 0 Å². The van der Waals surface area contributed by atoms with E-state index in [2.05, 4.69) is 13.8 Å². The minimum atomic E-state index is -0.565. The van der Waals surface area contributed by atoms with Gasteiger partial charge in [0, 0.05) is 7.11 Å². The second-order valence-electron chi connectivity index (χ2n) is 3.92. The van der Waals surface area contributed by atoms with E-state index in [4.69, 9.17) is 4.74 Å². The molecule has 0 saturated heterocycles. The highest BCUT2D eigenvalue weighted by atomic mass is 16.5. The molecule has 0 aliphatic carbocycles. The van der Waals surface area contributed by atoms with Gasteiger partial charge in [0.2, 0.25) is 0 Å². The van der Waals surface area contributed by atoms with Crippen LogP contribution in [-0.4, -0.2) is 18.5 Å². The molecule has 0 heterocycles. The molecule has 0 saturated carbocycles. The van der Waals surface area contributed by atoms with Crippen LogP contribution in [0.2, 0.25) is 0 Å². The summed E-state index contributed by atoms with van der Waals surface area (Å²) in [7, 11) is 1.60. The Morgan fingerprint density at radius 2 is 2.00 bits per heavy atom. The van der Waals surface area contributed by atoms with Crippen molar-refractivity contribution in [2.75, 3.05) is 7.11 Å². The van der Waals surface area contributed by atoms with Crippen LogP contribution in [0.5, 0.6) is 0 Å². The first-order valence-corrected chi connectivity index (χ1v) is 4.48. The molecule has 0 amide bonds. The van der Waals surface area contributed by atoms with Gasteiger partial charge in [0.25, 0.3) is 0 Å². The van der Waals surface area contributed by atoms with Crippen LogP contribution in [0.1, 0.15) is 40.5 Å². The van der Waals surface area contributed by atoms with Crippen LogP contribution < -0.4 is 0 Å². The van der Waals surface area contributed by atoms with E-state index >= 15 is 0 Å². The van der Waals surface area contributed by atoms with Gasteiger partial charge in [-0.2, -0.15) is 0 Å². The number of hydrogen-bond acceptors (Lipinski definition) is 2. The van der Waals surface area contributed by atoms with Crippen molar-refractivity contribution in [3.63, 3.8) is 0 Å². The SMILES string of the molecule is COC(C)(CCC(C)C)C(C)=O. The minimum Gasteiger partial charge on any atom is -0.371 e. The summed E-state index contributed by atoms with van der Waals surface area (Å²) in [4.78, 5) is 11.2. The van der Waals surface area contributed by atoms with Gasteiger partial charge in [0.15, 0.2) is 5.78 Å². The average Bonchev–Trinajstić information content (AvgIpc) is 1.99. The van der Waals surface area contributed by atoms with Crippen molar-refractivity contribution in [1.29, 1.82) is 0 Å². The Kier molecular flexibility index (Phi) is 4.46. The summed E-state index contributed by atoms with van der Waals surface area (Å²) in [6.07, 6.45) is 1.85. The number of methoxy groups -OCH3 is 1. The molecule has 0 spiro atoms. The minimum absolute atomic E-state index is 0.116. The van der Waals surface area contributed by atoms with Crippen molar-refractivity contribution in [2.45, 2.75) is 46.1 Å². The van der Waals surface area contributed by atoms with Crippen LogP contribution in [0.4, 0.5) is 0 Å². The highest BCUT2D eigenvalue weighted by Gasteiger charge is 2.28. The van der Waals surface area contributed by atoms with Gasteiger partial charge in [-0.05, 0) is 32.6 Å². The van der Waals surface area contributed by atoms with Gasteiger partial charge < -0.3 is 4.74 Å². The lowest BCUT2D eigenvalue weighted by Crippen LogP contribution is -2.35. The zero-order valence-electron chi connectivity index (χ0n) is 8.81. The summed E-state index contributed by atoms with van der Waals surface area (Å²) in [6, 6.07) is 0. The van der Waals surface area contributed by atoms with Gasteiger partial charge in [-0.1, -0.05) is 13.8 Å². The molecule has 12 heavy (non-hydrogen) atoms. The summed E-state index contributed by atoms with van der Waals surface area (Å²) in [5.74, 6) is 0.740. The smallest absolute Gasteiger partial charge is 0.161 e. The molecule has 0 aliphatic heterocycles. The Morgan fingerprint density at radius 3 is 2.25 bits per heavy atom. The number of hydrogen-bond donors (Lipinski definition) is 0. The van der Waals surface area contributed by atoms with Gasteiger partial charge in [-0.25, -0.2) is 0 Å². The van der Waals surface area contributed by atoms with Crippen LogP contribution in [0.15, 0.2) is 0 Å². The molecular formula is C10H20O2. The molecule has 1 unspecified atom stereocenters. The molecule has 0 rings (SSSR count). The molecule has 0 radical (unpaired) electrons. The molecular weight excluding hydrogens is 152 g/mol. The normalized spacial score (nSPS) is 16.2. The molecule has 2 heteroatoms. The summed E-state index contributed by atoms with van der Waals surface area (Å²) < 4.78 is 5.20. The Morgan fingerprint density at radius 1 is 1.50 bits per heavy atom. The number of carbonyl (C=O) groups is 1. The maximum absolute atomic E-state index is 11.2. The maximum atomic E-state index is 11.2. The molecule has 72 valence electrons. The fourth-order valence-corrected chi connectivity index (χ4v) is 0.986. The number of ketones is 1. The standard InChI is InChI=1S/C10H20O2/c1-8(2)6-7-10(4,12-5)9(3)11/h8H,6-7H2,1-5H3. The van der Waals surface area contributed by atoms with Crippen molar-refractivity contribution < 1.29 is 9.53 Å². The predicted molar refractivity (Wildman–Crippen MR) is 50.2 cm³/mol. The zero-order valence-corrected chi connectivity index (χ0v) is 8.81. The maximum Gasteiger partial charge on any atom is 0.161 e. The number of ether oxygens (including phenoxy) is 1. The van der Waals surface area contributed by atoms with Gasteiger partial charge in [0.05, 0.1) is 0 Å². The lowest BCUT2D eigenvalue weighted by Gasteiger charge is -2.25. The first-order chi connectivity index (χ1) is 5.42. The topological polar surface area (TPSA) is 26.3 Å². The number of carbonyl (C=O) groups excluding carboxylic acids is 1. The lowest BCUT2D eigenvalue weighted by atomic mass is 9.92. The Bertz CT molecular complexity index is 152. The molecule has 1 atom stereocenters. The Balaban J connectivity index is 4.06. The molecule has 0 N–H and O–H groups in total. The van der Waals surface area contributed by atoms with Crippen molar-refractivity contribution >= 4 is 5.78 Å². The van der Waals surface area contributed by atoms with E-state index in [1.54, 1.807) is 14.0 Å². The molecule has 0 bridgehead atoms. The summed E-state index contributed by atoms with van der Waals surface area (Å²) in [5, 5.41) is 0. The van der Waals surface area contributed by atoms with Gasteiger partial charge >= 0.3 is 0 Å². The van der Waals surface area contributed by atoms with Gasteiger partial charge in [-0.15, -0.1) is 0 Å². The highest BCUT2D eigenvalue weighted by molar-refractivity contribution is 5.84. The quantitative estimate of drug-likeness (QED) is 0.636. The molecule has 0 aromatic rings. The second kappa shape index (κ2) is 4.61. The first kappa shape index (κ1) is 11.6. The zero-order chi connectivity index (χ0) is 9.78. The van der Waals surface area contributed by atoms with E-state index in [1.807, 2.05) is 6.92 Å². The highest BCUT2D eigenvalue weighted by Crippen LogP contribution is 2.20. The molecule has 2 nitrogen and oxygen atoms in total. The monoisotopic (exact) mass is 172 g/mol. The lowest BCUT2D eigenvalue weighted by molar-refractivity contribution is -0.137. The van der Waals surface area contributed by atoms with E-state index in [9.17, 15) is 4.79 Å². The molecule has 0 aliphatic rings. The van der Waals surface area contributed by atoms with Gasteiger partial charge in [-0.3, -0.25) is 4.79 Å². The predicted octanol–water partition coefficient (Wildman–Crippen LogP) is 2.42. The summed E-state index contributed by atoms with van der Waals surface area (Å²) in [5.41, 5.74) is -0.565.